The summed E-state index contributed by atoms with van der Waals surface area (Å²) in [7, 11) is -3.51. The number of hydrogen-bond acceptors (Lipinski definition) is 5. The summed E-state index contributed by atoms with van der Waals surface area (Å²) < 4.78 is 27.4. The first-order chi connectivity index (χ1) is 9.51. The fourth-order valence-electron chi connectivity index (χ4n) is 2.77. The standard InChI is InChI=1S/C13H22N4O2S/c1-2-13(6-3-4-7-13)10-16-20(18,19)11-5-8-15-12(9-11)17-14/h5,8-9,16H,2-4,6-7,10,14H2,1H3,(H,15,17). The molecule has 0 aliphatic heterocycles. The van der Waals surface area contributed by atoms with Gasteiger partial charge in [0.1, 0.15) is 5.82 Å². The lowest BCUT2D eigenvalue weighted by atomic mass is 9.84. The molecule has 0 atom stereocenters. The fraction of sp³-hybridized carbons (Fsp3) is 0.615. The van der Waals surface area contributed by atoms with Gasteiger partial charge in [-0.05, 0) is 30.7 Å². The van der Waals surface area contributed by atoms with Crippen molar-refractivity contribution in [2.75, 3.05) is 12.0 Å². The van der Waals surface area contributed by atoms with E-state index in [1.165, 1.54) is 31.2 Å². The highest BCUT2D eigenvalue weighted by atomic mass is 32.2. The molecule has 0 saturated heterocycles. The van der Waals surface area contributed by atoms with Crippen LogP contribution in [0.4, 0.5) is 5.82 Å². The Morgan fingerprint density at radius 2 is 2.10 bits per heavy atom. The second kappa shape index (κ2) is 6.07. The molecule has 0 amide bonds. The van der Waals surface area contributed by atoms with E-state index in [2.05, 4.69) is 22.1 Å². The highest BCUT2D eigenvalue weighted by Crippen LogP contribution is 2.40. The summed E-state index contributed by atoms with van der Waals surface area (Å²) in [6, 6.07) is 2.89. The molecule has 0 bridgehead atoms. The van der Waals surface area contributed by atoms with E-state index in [9.17, 15) is 8.42 Å². The second-order valence-corrected chi connectivity index (χ2v) is 7.17. The van der Waals surface area contributed by atoms with Gasteiger partial charge in [0.25, 0.3) is 0 Å². The van der Waals surface area contributed by atoms with Gasteiger partial charge in [-0.15, -0.1) is 0 Å². The molecule has 1 aliphatic rings. The summed E-state index contributed by atoms with van der Waals surface area (Å²) in [6.07, 6.45) is 6.99. The fourth-order valence-corrected chi connectivity index (χ4v) is 3.94. The van der Waals surface area contributed by atoms with Crippen LogP contribution in [0.5, 0.6) is 0 Å². The van der Waals surface area contributed by atoms with Gasteiger partial charge in [0.05, 0.1) is 4.90 Å². The predicted octanol–water partition coefficient (Wildman–Crippen LogP) is 1.62. The number of nitrogens with two attached hydrogens (primary N) is 1. The van der Waals surface area contributed by atoms with Gasteiger partial charge in [-0.25, -0.2) is 24.0 Å². The first-order valence-corrected chi connectivity index (χ1v) is 8.42. The van der Waals surface area contributed by atoms with Crippen LogP contribution in [0.15, 0.2) is 23.2 Å². The number of pyridine rings is 1. The Morgan fingerprint density at radius 3 is 2.70 bits per heavy atom. The number of nitrogens with one attached hydrogen (secondary N) is 2. The molecular formula is C13H22N4O2S. The lowest BCUT2D eigenvalue weighted by Gasteiger charge is -2.27. The topological polar surface area (TPSA) is 97.1 Å². The van der Waals surface area contributed by atoms with Crippen LogP contribution in [-0.4, -0.2) is 19.9 Å². The maximum atomic E-state index is 12.3. The molecule has 1 aromatic heterocycles. The number of hydrazine groups is 1. The normalized spacial score (nSPS) is 18.1. The van der Waals surface area contributed by atoms with Crippen LogP contribution in [0, 0.1) is 5.41 Å². The largest absolute Gasteiger partial charge is 0.308 e. The Kier molecular flexibility index (Phi) is 4.62. The zero-order chi connectivity index (χ0) is 14.6. The van der Waals surface area contributed by atoms with Gasteiger partial charge in [-0.1, -0.05) is 19.8 Å². The van der Waals surface area contributed by atoms with Crippen molar-refractivity contribution in [3.8, 4) is 0 Å². The average molecular weight is 298 g/mol. The number of anilines is 1. The van der Waals surface area contributed by atoms with E-state index in [0.717, 1.165) is 19.3 Å². The summed E-state index contributed by atoms with van der Waals surface area (Å²) in [6.45, 7) is 2.63. The van der Waals surface area contributed by atoms with Crippen LogP contribution in [0.25, 0.3) is 0 Å². The van der Waals surface area contributed by atoms with Crippen molar-refractivity contribution in [3.05, 3.63) is 18.3 Å². The number of aromatic nitrogens is 1. The molecular weight excluding hydrogens is 276 g/mol. The van der Waals surface area contributed by atoms with Crippen molar-refractivity contribution in [1.82, 2.24) is 9.71 Å². The third-order valence-corrected chi connectivity index (χ3v) is 5.64. The highest BCUT2D eigenvalue weighted by Gasteiger charge is 2.33. The third-order valence-electron chi connectivity index (χ3n) is 4.24. The molecule has 20 heavy (non-hydrogen) atoms. The van der Waals surface area contributed by atoms with Crippen molar-refractivity contribution in [3.63, 3.8) is 0 Å². The van der Waals surface area contributed by atoms with Gasteiger partial charge >= 0.3 is 0 Å². The molecule has 1 aromatic rings. The van der Waals surface area contributed by atoms with Gasteiger partial charge in [0.15, 0.2) is 0 Å². The van der Waals surface area contributed by atoms with E-state index in [-0.39, 0.29) is 10.3 Å². The summed E-state index contributed by atoms with van der Waals surface area (Å²) in [5.74, 6) is 5.58. The number of nitrogens with zero attached hydrogens (tertiary/aromatic N) is 1. The van der Waals surface area contributed by atoms with E-state index in [4.69, 9.17) is 5.84 Å². The molecule has 0 unspecified atom stereocenters. The van der Waals surface area contributed by atoms with Gasteiger partial charge in [-0.2, -0.15) is 0 Å². The van der Waals surface area contributed by atoms with Crippen molar-refractivity contribution in [1.29, 1.82) is 0 Å². The lowest BCUT2D eigenvalue weighted by molar-refractivity contribution is 0.285. The first-order valence-electron chi connectivity index (χ1n) is 6.94. The van der Waals surface area contributed by atoms with E-state index >= 15 is 0 Å². The smallest absolute Gasteiger partial charge is 0.240 e. The minimum absolute atomic E-state index is 0.120. The van der Waals surface area contributed by atoms with Crippen molar-refractivity contribution in [2.24, 2.45) is 11.3 Å². The molecule has 2 rings (SSSR count). The maximum absolute atomic E-state index is 12.3. The Morgan fingerprint density at radius 1 is 1.40 bits per heavy atom. The molecule has 7 heteroatoms. The quantitative estimate of drug-likeness (QED) is 0.547. The van der Waals surface area contributed by atoms with Gasteiger partial charge in [0.2, 0.25) is 10.0 Å². The molecule has 112 valence electrons. The zero-order valence-corrected chi connectivity index (χ0v) is 12.5. The first kappa shape index (κ1) is 15.2. The number of nitrogen functional groups attached to an aromatic ring is 1. The number of sulfonamides is 1. The molecule has 1 aliphatic carbocycles. The van der Waals surface area contributed by atoms with E-state index in [1.807, 2.05) is 0 Å². The van der Waals surface area contributed by atoms with E-state index in [0.29, 0.717) is 12.4 Å². The molecule has 1 saturated carbocycles. The van der Waals surface area contributed by atoms with Crippen LogP contribution in [0.2, 0.25) is 0 Å². The SMILES string of the molecule is CCC1(CNS(=O)(=O)c2ccnc(NN)c2)CCCC1. The van der Waals surface area contributed by atoms with Crippen LogP contribution in [-0.2, 0) is 10.0 Å². The van der Waals surface area contributed by atoms with E-state index < -0.39 is 10.0 Å². The predicted molar refractivity (Wildman–Crippen MR) is 78.4 cm³/mol. The molecule has 0 spiro atoms. The molecule has 1 fully saturated rings. The van der Waals surface area contributed by atoms with Crippen molar-refractivity contribution < 1.29 is 8.42 Å². The molecule has 0 aromatic carbocycles. The van der Waals surface area contributed by atoms with Gasteiger partial charge in [-0.3, -0.25) is 0 Å². The Labute approximate surface area is 120 Å². The van der Waals surface area contributed by atoms with Crippen LogP contribution in [0.3, 0.4) is 0 Å². The van der Waals surface area contributed by atoms with Gasteiger partial charge < -0.3 is 5.43 Å². The number of rotatable bonds is 6. The van der Waals surface area contributed by atoms with Crippen molar-refractivity contribution >= 4 is 15.8 Å². The Hall–Kier alpha value is -1.18. The monoisotopic (exact) mass is 298 g/mol. The second-order valence-electron chi connectivity index (χ2n) is 5.41. The summed E-state index contributed by atoms with van der Waals surface area (Å²) in [5, 5.41) is 0. The zero-order valence-electron chi connectivity index (χ0n) is 11.7. The highest BCUT2D eigenvalue weighted by molar-refractivity contribution is 7.89. The minimum atomic E-state index is -3.51. The molecule has 1 heterocycles. The minimum Gasteiger partial charge on any atom is -0.308 e. The molecule has 6 nitrogen and oxygen atoms in total. The van der Waals surface area contributed by atoms with Crippen LogP contribution >= 0.6 is 0 Å². The van der Waals surface area contributed by atoms with E-state index in [1.54, 1.807) is 0 Å². The third kappa shape index (κ3) is 3.28. The van der Waals surface area contributed by atoms with Gasteiger partial charge in [0, 0.05) is 18.8 Å². The summed E-state index contributed by atoms with van der Waals surface area (Å²) in [5.41, 5.74) is 2.47. The Balaban J connectivity index is 2.10. The molecule has 4 N–H and O–H groups in total. The lowest BCUT2D eigenvalue weighted by Crippen LogP contribution is -2.35. The maximum Gasteiger partial charge on any atom is 0.240 e. The Bertz CT molecular complexity index is 553. The number of hydrogen-bond donors (Lipinski definition) is 3. The summed E-state index contributed by atoms with van der Waals surface area (Å²) >= 11 is 0. The van der Waals surface area contributed by atoms with Crippen LogP contribution in [0.1, 0.15) is 39.0 Å². The summed E-state index contributed by atoms with van der Waals surface area (Å²) in [4.78, 5) is 4.10. The molecule has 0 radical (unpaired) electrons. The van der Waals surface area contributed by atoms with Crippen LogP contribution < -0.4 is 16.0 Å². The van der Waals surface area contributed by atoms with Crippen molar-refractivity contribution in [2.45, 2.75) is 43.9 Å². The average Bonchev–Trinajstić information content (AvgIpc) is 2.95.